The quantitative estimate of drug-likeness (QED) is 0.718. The minimum atomic E-state index is -1.01. The van der Waals surface area contributed by atoms with E-state index in [1.54, 1.807) is 0 Å². The number of rotatable bonds is 3. The van der Waals surface area contributed by atoms with E-state index in [9.17, 15) is 19.5 Å². The highest BCUT2D eigenvalue weighted by Gasteiger charge is 2.64. The standard InChI is InChI=1S/C14H20N2O5S/c1-6-4-5-7(21-6)10(17)15-8-11(18)16-9(13(19)20)14(2,3)22-12(8)16/h6-9,12H,4-5H2,1-3H3,(H,15,17)(H,19,20)/t6?,7?,8-,9+,12-/m1/s1. The number of carboxylic acid groups (broad SMARTS) is 1. The van der Waals surface area contributed by atoms with Gasteiger partial charge < -0.3 is 20.1 Å². The van der Waals surface area contributed by atoms with Crippen LogP contribution in [0.2, 0.25) is 0 Å². The number of carboxylic acids is 1. The van der Waals surface area contributed by atoms with Crippen LogP contribution in [0.4, 0.5) is 0 Å². The SMILES string of the molecule is CC1CCC(C(=O)N[C@@H]2C(=O)N3[C@@H]2SC(C)(C)[C@@H]3C(=O)O)O1. The predicted molar refractivity (Wildman–Crippen MR) is 79.2 cm³/mol. The maximum atomic E-state index is 12.3. The number of aliphatic carboxylic acids is 1. The lowest BCUT2D eigenvalue weighted by Gasteiger charge is -2.43. The van der Waals surface area contributed by atoms with Gasteiger partial charge in [-0.1, -0.05) is 0 Å². The Balaban J connectivity index is 1.67. The molecule has 0 aromatic rings. The van der Waals surface area contributed by atoms with E-state index in [2.05, 4.69) is 5.32 Å². The highest BCUT2D eigenvalue weighted by atomic mass is 32.2. The van der Waals surface area contributed by atoms with E-state index >= 15 is 0 Å². The van der Waals surface area contributed by atoms with Crippen molar-refractivity contribution in [3.63, 3.8) is 0 Å². The molecule has 3 heterocycles. The molecular formula is C14H20N2O5S. The smallest absolute Gasteiger partial charge is 0.327 e. The van der Waals surface area contributed by atoms with Gasteiger partial charge in [0.15, 0.2) is 0 Å². The van der Waals surface area contributed by atoms with Gasteiger partial charge in [0.25, 0.3) is 0 Å². The van der Waals surface area contributed by atoms with Gasteiger partial charge in [-0.15, -0.1) is 11.8 Å². The third kappa shape index (κ3) is 2.28. The Kier molecular flexibility index (Phi) is 3.64. The van der Waals surface area contributed by atoms with Gasteiger partial charge >= 0.3 is 5.97 Å². The first-order chi connectivity index (χ1) is 10.2. The Hall–Kier alpha value is -1.28. The number of carbonyl (C=O) groups is 3. The summed E-state index contributed by atoms with van der Waals surface area (Å²) in [5.41, 5.74) is 0. The number of amides is 2. The molecule has 2 N–H and O–H groups in total. The molecule has 3 rings (SSSR count). The molecule has 0 spiro atoms. The van der Waals surface area contributed by atoms with Crippen LogP contribution in [0.3, 0.4) is 0 Å². The number of fused-ring (bicyclic) bond motifs is 1. The lowest BCUT2D eigenvalue weighted by Crippen LogP contribution is -2.71. The van der Waals surface area contributed by atoms with E-state index in [4.69, 9.17) is 4.74 Å². The lowest BCUT2D eigenvalue weighted by molar-refractivity contribution is -0.161. The second kappa shape index (κ2) is 5.13. The number of hydrogen-bond acceptors (Lipinski definition) is 5. The Morgan fingerprint density at radius 3 is 2.64 bits per heavy atom. The molecule has 8 heteroatoms. The topological polar surface area (TPSA) is 95.9 Å². The molecular weight excluding hydrogens is 308 g/mol. The molecule has 3 saturated heterocycles. The molecule has 0 bridgehead atoms. The summed E-state index contributed by atoms with van der Waals surface area (Å²) in [7, 11) is 0. The summed E-state index contributed by atoms with van der Waals surface area (Å²) in [6, 6.07) is -1.51. The zero-order valence-electron chi connectivity index (χ0n) is 12.7. The van der Waals surface area contributed by atoms with Gasteiger partial charge in [-0.25, -0.2) is 4.79 Å². The van der Waals surface area contributed by atoms with Crippen molar-refractivity contribution in [2.75, 3.05) is 0 Å². The molecule has 122 valence electrons. The van der Waals surface area contributed by atoms with Crippen molar-refractivity contribution in [1.29, 1.82) is 0 Å². The minimum Gasteiger partial charge on any atom is -0.480 e. The molecule has 0 aliphatic carbocycles. The first-order valence-electron chi connectivity index (χ1n) is 7.41. The normalized spacial score (nSPS) is 39.3. The summed E-state index contributed by atoms with van der Waals surface area (Å²) >= 11 is 1.42. The molecule has 5 atom stereocenters. The maximum absolute atomic E-state index is 12.3. The first-order valence-corrected chi connectivity index (χ1v) is 8.29. The summed E-state index contributed by atoms with van der Waals surface area (Å²) in [5, 5.41) is 11.8. The van der Waals surface area contributed by atoms with E-state index in [1.807, 2.05) is 20.8 Å². The molecule has 0 saturated carbocycles. The van der Waals surface area contributed by atoms with Crippen LogP contribution in [0.5, 0.6) is 0 Å². The third-order valence-corrected chi connectivity index (χ3v) is 6.07. The van der Waals surface area contributed by atoms with Gasteiger partial charge in [0, 0.05) is 4.75 Å². The second-order valence-electron chi connectivity index (χ2n) is 6.60. The van der Waals surface area contributed by atoms with Crippen LogP contribution < -0.4 is 5.32 Å². The number of nitrogens with zero attached hydrogens (tertiary/aromatic N) is 1. The molecule has 0 radical (unpaired) electrons. The Bertz CT molecular complexity index is 537. The highest BCUT2D eigenvalue weighted by molar-refractivity contribution is 8.01. The first kappa shape index (κ1) is 15.6. The maximum Gasteiger partial charge on any atom is 0.327 e. The van der Waals surface area contributed by atoms with Crippen LogP contribution in [0.25, 0.3) is 0 Å². The van der Waals surface area contributed by atoms with Crippen molar-refractivity contribution in [2.45, 2.75) is 68.0 Å². The zero-order valence-corrected chi connectivity index (χ0v) is 13.6. The summed E-state index contributed by atoms with van der Waals surface area (Å²) < 4.78 is 4.92. The number of β-lactam (4-membered cyclic amide) rings is 1. The fourth-order valence-electron chi connectivity index (χ4n) is 3.39. The van der Waals surface area contributed by atoms with Crippen molar-refractivity contribution >= 4 is 29.5 Å². The molecule has 3 fully saturated rings. The number of thioether (sulfide) groups is 1. The van der Waals surface area contributed by atoms with Gasteiger partial charge in [0.05, 0.1) is 6.10 Å². The average Bonchev–Trinajstić information content (AvgIpc) is 2.95. The molecule has 0 aromatic heterocycles. The molecule has 3 aliphatic rings. The number of hydrogen-bond donors (Lipinski definition) is 2. The van der Waals surface area contributed by atoms with Crippen molar-refractivity contribution < 1.29 is 24.2 Å². The van der Waals surface area contributed by atoms with Crippen molar-refractivity contribution in [2.24, 2.45) is 0 Å². The fraction of sp³-hybridized carbons (Fsp3) is 0.786. The van der Waals surface area contributed by atoms with Gasteiger partial charge in [0.1, 0.15) is 23.6 Å². The summed E-state index contributed by atoms with van der Waals surface area (Å²) in [6.45, 7) is 5.53. The van der Waals surface area contributed by atoms with E-state index < -0.39 is 28.9 Å². The van der Waals surface area contributed by atoms with Gasteiger partial charge in [-0.3, -0.25) is 9.59 Å². The Labute approximate surface area is 132 Å². The van der Waals surface area contributed by atoms with E-state index in [1.165, 1.54) is 16.7 Å². The zero-order chi connectivity index (χ0) is 16.2. The Morgan fingerprint density at radius 1 is 1.41 bits per heavy atom. The Morgan fingerprint density at radius 2 is 2.09 bits per heavy atom. The molecule has 2 unspecified atom stereocenters. The third-order valence-electron chi connectivity index (χ3n) is 4.50. The van der Waals surface area contributed by atoms with Crippen molar-refractivity contribution in [3.05, 3.63) is 0 Å². The summed E-state index contributed by atoms with van der Waals surface area (Å²) in [4.78, 5) is 37.2. The van der Waals surface area contributed by atoms with Crippen LogP contribution in [0.1, 0.15) is 33.6 Å². The second-order valence-corrected chi connectivity index (χ2v) is 8.37. The van der Waals surface area contributed by atoms with Gasteiger partial charge in [0.2, 0.25) is 11.8 Å². The van der Waals surface area contributed by atoms with E-state index in [-0.39, 0.29) is 23.3 Å². The van der Waals surface area contributed by atoms with E-state index in [0.29, 0.717) is 6.42 Å². The fourth-order valence-corrected chi connectivity index (χ4v) is 5.01. The van der Waals surface area contributed by atoms with Crippen LogP contribution in [-0.2, 0) is 19.1 Å². The minimum absolute atomic E-state index is 0.0560. The van der Waals surface area contributed by atoms with Gasteiger partial charge in [-0.05, 0) is 33.6 Å². The van der Waals surface area contributed by atoms with Crippen molar-refractivity contribution in [1.82, 2.24) is 10.2 Å². The van der Waals surface area contributed by atoms with Crippen LogP contribution in [0.15, 0.2) is 0 Å². The highest BCUT2D eigenvalue weighted by Crippen LogP contribution is 2.50. The molecule has 0 aromatic carbocycles. The lowest BCUT2D eigenvalue weighted by atomic mass is 9.96. The van der Waals surface area contributed by atoms with Crippen molar-refractivity contribution in [3.8, 4) is 0 Å². The molecule has 22 heavy (non-hydrogen) atoms. The van der Waals surface area contributed by atoms with Gasteiger partial charge in [-0.2, -0.15) is 0 Å². The number of carbonyl (C=O) groups excluding carboxylic acids is 2. The monoisotopic (exact) mass is 328 g/mol. The number of nitrogens with one attached hydrogen (secondary N) is 1. The summed E-state index contributed by atoms with van der Waals surface area (Å²) in [6.07, 6.45) is 1.03. The van der Waals surface area contributed by atoms with Crippen LogP contribution in [0, 0.1) is 0 Å². The van der Waals surface area contributed by atoms with Crippen LogP contribution in [-0.4, -0.2) is 62.2 Å². The molecule has 7 nitrogen and oxygen atoms in total. The van der Waals surface area contributed by atoms with Crippen LogP contribution >= 0.6 is 11.8 Å². The molecule has 2 amide bonds. The average molecular weight is 328 g/mol. The van der Waals surface area contributed by atoms with E-state index in [0.717, 1.165) is 6.42 Å². The summed E-state index contributed by atoms with van der Waals surface area (Å²) in [5.74, 6) is -1.61. The number of ether oxygens (including phenoxy) is 1. The molecule has 3 aliphatic heterocycles. The largest absolute Gasteiger partial charge is 0.480 e. The predicted octanol–water partition coefficient (Wildman–Crippen LogP) is 0.186.